The van der Waals surface area contributed by atoms with Crippen molar-refractivity contribution in [2.24, 2.45) is 0 Å². The number of hydrogen-bond donors (Lipinski definition) is 1. The highest BCUT2D eigenvalue weighted by Crippen LogP contribution is 1.89. The maximum atomic E-state index is 11.0. The third-order valence-electron chi connectivity index (χ3n) is 1.50. The van der Waals surface area contributed by atoms with Crippen LogP contribution >= 0.6 is 0 Å². The van der Waals surface area contributed by atoms with Gasteiger partial charge in [-0.05, 0) is 13.0 Å². The molecule has 68 valence electrons. The summed E-state index contributed by atoms with van der Waals surface area (Å²) in [5, 5.41) is 2.56. The van der Waals surface area contributed by atoms with Crippen molar-refractivity contribution in [2.45, 2.75) is 13.3 Å². The molecule has 0 aliphatic heterocycles. The van der Waals surface area contributed by atoms with Gasteiger partial charge in [0.15, 0.2) is 0 Å². The maximum absolute atomic E-state index is 11.0. The summed E-state index contributed by atoms with van der Waals surface area (Å²) in [6, 6.07) is 0. The molecule has 12 heavy (non-hydrogen) atoms. The molecule has 0 aromatic rings. The Bertz CT molecular complexity index is 172. The topological polar surface area (TPSA) is 32.3 Å². The van der Waals surface area contributed by atoms with E-state index < -0.39 is 0 Å². The van der Waals surface area contributed by atoms with Crippen molar-refractivity contribution in [1.29, 1.82) is 0 Å². The van der Waals surface area contributed by atoms with Gasteiger partial charge in [-0.1, -0.05) is 12.8 Å². The largest absolute Gasteiger partial charge is 0.358 e. The van der Waals surface area contributed by atoms with Crippen molar-refractivity contribution < 1.29 is 4.79 Å². The first-order valence-electron chi connectivity index (χ1n) is 4.11. The van der Waals surface area contributed by atoms with Gasteiger partial charge in [-0.25, -0.2) is 0 Å². The SMILES string of the molecule is C#CCN(CCC)CC(=O)NC. The molecule has 0 atom stereocenters. The summed E-state index contributed by atoms with van der Waals surface area (Å²) in [6.45, 7) is 3.88. The van der Waals surface area contributed by atoms with Crippen molar-refractivity contribution >= 4 is 5.91 Å². The number of terminal acetylenes is 1. The molecule has 0 aromatic heterocycles. The standard InChI is InChI=1S/C9H16N2O/c1-4-6-11(7-5-2)8-9(12)10-3/h1H,5-8H2,2-3H3,(H,10,12). The average Bonchev–Trinajstić information content (AvgIpc) is 2.05. The Kier molecular flexibility index (Phi) is 6.12. The van der Waals surface area contributed by atoms with Crippen LogP contribution in [0.1, 0.15) is 13.3 Å². The zero-order valence-corrected chi connectivity index (χ0v) is 7.76. The molecule has 0 unspecified atom stereocenters. The van der Waals surface area contributed by atoms with E-state index in [1.165, 1.54) is 0 Å². The van der Waals surface area contributed by atoms with E-state index in [2.05, 4.69) is 18.2 Å². The zero-order chi connectivity index (χ0) is 9.40. The average molecular weight is 168 g/mol. The molecule has 0 aromatic carbocycles. The first kappa shape index (κ1) is 11.0. The van der Waals surface area contributed by atoms with E-state index >= 15 is 0 Å². The fourth-order valence-electron chi connectivity index (χ4n) is 0.941. The van der Waals surface area contributed by atoms with Crippen LogP contribution in [0.4, 0.5) is 0 Å². The lowest BCUT2D eigenvalue weighted by atomic mass is 10.4. The first-order chi connectivity index (χ1) is 5.74. The van der Waals surface area contributed by atoms with Gasteiger partial charge >= 0.3 is 0 Å². The van der Waals surface area contributed by atoms with Crippen LogP contribution in [0.2, 0.25) is 0 Å². The summed E-state index contributed by atoms with van der Waals surface area (Å²) in [7, 11) is 1.63. The summed E-state index contributed by atoms with van der Waals surface area (Å²) in [6.07, 6.45) is 6.17. The quantitative estimate of drug-likeness (QED) is 0.589. The molecule has 0 rings (SSSR count). The van der Waals surface area contributed by atoms with Crippen LogP contribution in [0.25, 0.3) is 0 Å². The molecule has 0 saturated heterocycles. The highest BCUT2D eigenvalue weighted by atomic mass is 16.1. The molecule has 3 heteroatoms. The number of carbonyl (C=O) groups is 1. The maximum Gasteiger partial charge on any atom is 0.233 e. The van der Waals surface area contributed by atoms with Crippen LogP contribution in [-0.4, -0.2) is 37.5 Å². The number of amides is 1. The summed E-state index contributed by atoms with van der Waals surface area (Å²) in [5.41, 5.74) is 0. The number of carbonyl (C=O) groups excluding carboxylic acids is 1. The Morgan fingerprint density at radius 3 is 2.75 bits per heavy atom. The Balaban J connectivity index is 3.78. The minimum Gasteiger partial charge on any atom is -0.358 e. The Morgan fingerprint density at radius 2 is 2.33 bits per heavy atom. The molecule has 0 aliphatic rings. The lowest BCUT2D eigenvalue weighted by molar-refractivity contribution is -0.121. The van der Waals surface area contributed by atoms with E-state index in [9.17, 15) is 4.79 Å². The van der Waals surface area contributed by atoms with Gasteiger partial charge < -0.3 is 5.32 Å². The van der Waals surface area contributed by atoms with Gasteiger partial charge in [-0.2, -0.15) is 0 Å². The van der Waals surface area contributed by atoms with Crippen molar-refractivity contribution in [3.63, 3.8) is 0 Å². The summed E-state index contributed by atoms with van der Waals surface area (Å²) >= 11 is 0. The highest BCUT2D eigenvalue weighted by molar-refractivity contribution is 5.77. The van der Waals surface area contributed by atoms with Gasteiger partial charge in [-0.3, -0.25) is 9.69 Å². The fraction of sp³-hybridized carbons (Fsp3) is 0.667. The molecule has 0 aliphatic carbocycles. The second-order valence-electron chi connectivity index (χ2n) is 2.59. The Morgan fingerprint density at radius 1 is 1.67 bits per heavy atom. The molecular formula is C9H16N2O. The van der Waals surface area contributed by atoms with Crippen LogP contribution in [0, 0.1) is 12.3 Å². The second-order valence-corrected chi connectivity index (χ2v) is 2.59. The van der Waals surface area contributed by atoms with E-state index in [1.807, 2.05) is 4.90 Å². The van der Waals surface area contributed by atoms with Gasteiger partial charge in [0, 0.05) is 7.05 Å². The van der Waals surface area contributed by atoms with Crippen LogP contribution in [0.5, 0.6) is 0 Å². The predicted octanol–water partition coefficient (Wildman–Crippen LogP) is 0.0776. The minimum absolute atomic E-state index is 0.0127. The lowest BCUT2D eigenvalue weighted by Crippen LogP contribution is -2.36. The van der Waals surface area contributed by atoms with E-state index in [4.69, 9.17) is 6.42 Å². The molecule has 0 spiro atoms. The van der Waals surface area contributed by atoms with Crippen LogP contribution in [0.15, 0.2) is 0 Å². The summed E-state index contributed by atoms with van der Waals surface area (Å²) in [4.78, 5) is 12.9. The predicted molar refractivity (Wildman–Crippen MR) is 49.6 cm³/mol. The fourth-order valence-corrected chi connectivity index (χ4v) is 0.941. The van der Waals surface area contributed by atoms with E-state index in [1.54, 1.807) is 7.05 Å². The van der Waals surface area contributed by atoms with E-state index in [-0.39, 0.29) is 5.91 Å². The molecular weight excluding hydrogens is 152 g/mol. The smallest absolute Gasteiger partial charge is 0.233 e. The number of likely N-dealkylation sites (N-methyl/N-ethyl adjacent to an activating group) is 1. The van der Waals surface area contributed by atoms with Crippen molar-refractivity contribution in [2.75, 3.05) is 26.7 Å². The van der Waals surface area contributed by atoms with Gasteiger partial charge in [0.2, 0.25) is 5.91 Å². The second kappa shape index (κ2) is 6.68. The van der Waals surface area contributed by atoms with Crippen LogP contribution < -0.4 is 5.32 Å². The normalized spacial score (nSPS) is 9.50. The first-order valence-corrected chi connectivity index (χ1v) is 4.11. The monoisotopic (exact) mass is 168 g/mol. The molecule has 1 N–H and O–H groups in total. The van der Waals surface area contributed by atoms with Crippen LogP contribution in [-0.2, 0) is 4.79 Å². The number of hydrogen-bond acceptors (Lipinski definition) is 2. The van der Waals surface area contributed by atoms with Crippen LogP contribution in [0.3, 0.4) is 0 Å². The van der Waals surface area contributed by atoms with Gasteiger partial charge in [0.1, 0.15) is 0 Å². The van der Waals surface area contributed by atoms with Gasteiger partial charge in [-0.15, -0.1) is 6.42 Å². The molecule has 0 fully saturated rings. The van der Waals surface area contributed by atoms with Gasteiger partial charge in [0.25, 0.3) is 0 Å². The van der Waals surface area contributed by atoms with E-state index in [0.29, 0.717) is 13.1 Å². The van der Waals surface area contributed by atoms with Gasteiger partial charge in [0.05, 0.1) is 13.1 Å². The molecule has 1 amide bonds. The lowest BCUT2D eigenvalue weighted by Gasteiger charge is -2.17. The van der Waals surface area contributed by atoms with Crippen molar-refractivity contribution in [3.8, 4) is 12.3 Å². The minimum atomic E-state index is 0.0127. The summed E-state index contributed by atoms with van der Waals surface area (Å²) < 4.78 is 0. The third kappa shape index (κ3) is 4.75. The highest BCUT2D eigenvalue weighted by Gasteiger charge is 2.05. The Labute approximate surface area is 74.1 Å². The van der Waals surface area contributed by atoms with Crippen molar-refractivity contribution in [3.05, 3.63) is 0 Å². The number of nitrogens with one attached hydrogen (secondary N) is 1. The number of nitrogens with zero attached hydrogens (tertiary/aromatic N) is 1. The van der Waals surface area contributed by atoms with E-state index in [0.717, 1.165) is 13.0 Å². The molecule has 3 nitrogen and oxygen atoms in total. The summed E-state index contributed by atoms with van der Waals surface area (Å²) in [5.74, 6) is 2.54. The molecule has 0 bridgehead atoms. The zero-order valence-electron chi connectivity index (χ0n) is 7.76. The molecule has 0 heterocycles. The Hall–Kier alpha value is -1.01. The molecule has 0 radical (unpaired) electrons. The number of rotatable bonds is 5. The molecule has 0 saturated carbocycles. The third-order valence-corrected chi connectivity index (χ3v) is 1.50. The van der Waals surface area contributed by atoms with Crippen molar-refractivity contribution in [1.82, 2.24) is 10.2 Å².